The number of benzene rings is 2. The van der Waals surface area contributed by atoms with Gasteiger partial charge in [-0.05, 0) is 53.5 Å². The van der Waals surface area contributed by atoms with Crippen LogP contribution in [0.2, 0.25) is 0 Å². The summed E-state index contributed by atoms with van der Waals surface area (Å²) < 4.78 is 0. The van der Waals surface area contributed by atoms with Gasteiger partial charge in [-0.1, -0.05) is 36.4 Å². The number of H-pyrrole nitrogens is 1. The molecule has 5 nitrogen and oxygen atoms in total. The van der Waals surface area contributed by atoms with Crippen molar-refractivity contribution in [1.29, 1.82) is 0 Å². The SMILES string of the molecule is O=C1Nc2ccccc2C12CC2c1ccc2c(/C=C/c3ccncc3)n[nH]c2c1. The lowest BCUT2D eigenvalue weighted by molar-refractivity contribution is -0.118. The molecule has 2 aromatic heterocycles. The van der Waals surface area contributed by atoms with Crippen LogP contribution in [0.25, 0.3) is 23.1 Å². The molecule has 2 aliphatic rings. The van der Waals surface area contributed by atoms with E-state index in [4.69, 9.17) is 0 Å². The molecule has 0 saturated heterocycles. The second-order valence-electron chi connectivity index (χ2n) is 7.76. The first-order chi connectivity index (χ1) is 14.3. The van der Waals surface area contributed by atoms with Crippen LogP contribution in [0.4, 0.5) is 5.69 Å². The zero-order chi connectivity index (χ0) is 19.4. The molecule has 2 unspecified atom stereocenters. The van der Waals surface area contributed by atoms with Crippen molar-refractivity contribution in [3.63, 3.8) is 0 Å². The average molecular weight is 378 g/mol. The fourth-order valence-electron chi connectivity index (χ4n) is 4.60. The van der Waals surface area contributed by atoms with Crippen molar-refractivity contribution in [1.82, 2.24) is 15.2 Å². The summed E-state index contributed by atoms with van der Waals surface area (Å²) in [5.74, 6) is 0.323. The zero-order valence-corrected chi connectivity index (χ0v) is 15.6. The molecule has 2 aromatic carbocycles. The van der Waals surface area contributed by atoms with Gasteiger partial charge in [0.1, 0.15) is 0 Å². The highest BCUT2D eigenvalue weighted by Crippen LogP contribution is 2.64. The van der Waals surface area contributed by atoms with E-state index in [0.29, 0.717) is 0 Å². The number of aromatic amines is 1. The summed E-state index contributed by atoms with van der Waals surface area (Å²) in [6.07, 6.45) is 8.44. The molecular formula is C24H18N4O. The summed E-state index contributed by atoms with van der Waals surface area (Å²) in [6.45, 7) is 0. The van der Waals surface area contributed by atoms with E-state index in [0.717, 1.165) is 39.8 Å². The summed E-state index contributed by atoms with van der Waals surface area (Å²) >= 11 is 0. The number of carbonyl (C=O) groups is 1. The van der Waals surface area contributed by atoms with Gasteiger partial charge in [0.05, 0.1) is 16.6 Å². The van der Waals surface area contributed by atoms with Gasteiger partial charge in [-0.2, -0.15) is 5.10 Å². The molecule has 1 aliphatic heterocycles. The third-order valence-electron chi connectivity index (χ3n) is 6.18. The molecular weight excluding hydrogens is 360 g/mol. The van der Waals surface area contributed by atoms with Gasteiger partial charge in [0, 0.05) is 29.4 Å². The molecule has 2 N–H and O–H groups in total. The number of carbonyl (C=O) groups excluding carboxylic acids is 1. The maximum atomic E-state index is 12.7. The largest absolute Gasteiger partial charge is 0.325 e. The Morgan fingerprint density at radius 1 is 1.03 bits per heavy atom. The number of amides is 1. The number of pyridine rings is 1. The molecule has 1 saturated carbocycles. The lowest BCUT2D eigenvalue weighted by atomic mass is 9.92. The quantitative estimate of drug-likeness (QED) is 0.551. The van der Waals surface area contributed by atoms with Crippen molar-refractivity contribution in [3.05, 3.63) is 89.4 Å². The van der Waals surface area contributed by atoms with E-state index in [1.807, 2.05) is 42.5 Å². The Morgan fingerprint density at radius 3 is 2.79 bits per heavy atom. The standard InChI is InChI=1S/C24H18N4O/c29-23-24(18-3-1-2-4-21(18)26-23)14-19(24)16-6-7-17-20(27-28-22(17)13-16)8-5-15-9-11-25-12-10-15/h1-13,19H,14H2,(H,26,29)(H,27,28)/b8-5+. The third-order valence-corrected chi connectivity index (χ3v) is 6.18. The van der Waals surface area contributed by atoms with Crippen molar-refractivity contribution < 1.29 is 4.79 Å². The van der Waals surface area contributed by atoms with Crippen LogP contribution in [0, 0.1) is 0 Å². The predicted molar refractivity (Wildman–Crippen MR) is 113 cm³/mol. The maximum absolute atomic E-state index is 12.7. The number of fused-ring (bicyclic) bond motifs is 3. The van der Waals surface area contributed by atoms with Crippen molar-refractivity contribution in [2.75, 3.05) is 5.32 Å². The highest BCUT2D eigenvalue weighted by atomic mass is 16.2. The highest BCUT2D eigenvalue weighted by molar-refractivity contribution is 6.09. The smallest absolute Gasteiger partial charge is 0.235 e. The Labute approximate surface area is 167 Å². The van der Waals surface area contributed by atoms with Gasteiger partial charge in [0.25, 0.3) is 0 Å². The molecule has 1 fully saturated rings. The van der Waals surface area contributed by atoms with E-state index in [9.17, 15) is 4.79 Å². The fourth-order valence-corrected chi connectivity index (χ4v) is 4.60. The van der Waals surface area contributed by atoms with Gasteiger partial charge < -0.3 is 5.32 Å². The normalized spacial score (nSPS) is 22.3. The van der Waals surface area contributed by atoms with E-state index >= 15 is 0 Å². The number of aromatic nitrogens is 3. The van der Waals surface area contributed by atoms with E-state index < -0.39 is 5.41 Å². The monoisotopic (exact) mass is 378 g/mol. The van der Waals surface area contributed by atoms with Crippen molar-refractivity contribution in [2.45, 2.75) is 17.8 Å². The summed E-state index contributed by atoms with van der Waals surface area (Å²) in [5.41, 5.74) is 5.82. The molecule has 0 bridgehead atoms. The summed E-state index contributed by atoms with van der Waals surface area (Å²) in [7, 11) is 0. The molecule has 1 aliphatic carbocycles. The minimum absolute atomic E-state index is 0.120. The highest BCUT2D eigenvalue weighted by Gasteiger charge is 2.65. The molecule has 1 spiro atoms. The van der Waals surface area contributed by atoms with Crippen LogP contribution < -0.4 is 5.32 Å². The lowest BCUT2D eigenvalue weighted by Gasteiger charge is -2.08. The number of nitrogens with zero attached hydrogens (tertiary/aromatic N) is 2. The average Bonchev–Trinajstić information content (AvgIpc) is 3.29. The van der Waals surface area contributed by atoms with Crippen LogP contribution in [0.5, 0.6) is 0 Å². The van der Waals surface area contributed by atoms with Crippen LogP contribution in [0.1, 0.15) is 34.7 Å². The number of anilines is 1. The van der Waals surface area contributed by atoms with Crippen LogP contribution in [-0.2, 0) is 10.2 Å². The van der Waals surface area contributed by atoms with Crippen molar-refractivity contribution >= 4 is 34.6 Å². The van der Waals surface area contributed by atoms with E-state index in [2.05, 4.69) is 44.8 Å². The van der Waals surface area contributed by atoms with E-state index in [1.165, 1.54) is 5.56 Å². The first kappa shape index (κ1) is 16.2. The lowest BCUT2D eigenvalue weighted by Crippen LogP contribution is -2.20. The van der Waals surface area contributed by atoms with Crippen molar-refractivity contribution in [3.8, 4) is 0 Å². The van der Waals surface area contributed by atoms with Gasteiger partial charge in [0.2, 0.25) is 5.91 Å². The summed E-state index contributed by atoms with van der Waals surface area (Å²) in [4.78, 5) is 16.8. The molecule has 1 amide bonds. The van der Waals surface area contributed by atoms with Crippen molar-refractivity contribution in [2.24, 2.45) is 0 Å². The van der Waals surface area contributed by atoms with Crippen LogP contribution in [-0.4, -0.2) is 21.1 Å². The number of nitrogens with one attached hydrogen (secondary N) is 2. The van der Waals surface area contributed by atoms with Crippen LogP contribution in [0.15, 0.2) is 67.0 Å². The second-order valence-corrected chi connectivity index (χ2v) is 7.76. The van der Waals surface area contributed by atoms with Gasteiger partial charge in [-0.25, -0.2) is 0 Å². The number of para-hydroxylation sites is 1. The summed E-state index contributed by atoms with van der Waals surface area (Å²) in [6, 6.07) is 18.3. The Balaban J connectivity index is 1.33. The molecule has 0 radical (unpaired) electrons. The molecule has 6 rings (SSSR count). The third kappa shape index (κ3) is 2.37. The number of rotatable bonds is 3. The molecule has 4 aromatic rings. The van der Waals surface area contributed by atoms with Crippen LogP contribution >= 0.6 is 0 Å². The van der Waals surface area contributed by atoms with E-state index in [-0.39, 0.29) is 11.8 Å². The molecule has 140 valence electrons. The van der Waals surface area contributed by atoms with Gasteiger partial charge >= 0.3 is 0 Å². The predicted octanol–water partition coefficient (Wildman–Crippen LogP) is 4.51. The first-order valence-electron chi connectivity index (χ1n) is 9.73. The molecule has 5 heteroatoms. The Kier molecular flexibility index (Phi) is 3.29. The Morgan fingerprint density at radius 2 is 1.90 bits per heavy atom. The molecule has 2 atom stereocenters. The minimum atomic E-state index is -0.408. The summed E-state index contributed by atoms with van der Waals surface area (Å²) in [5, 5.41) is 11.7. The van der Waals surface area contributed by atoms with Gasteiger partial charge in [-0.3, -0.25) is 14.9 Å². The Hall–Kier alpha value is -3.73. The second kappa shape index (κ2) is 5.88. The number of hydrogen-bond acceptors (Lipinski definition) is 3. The van der Waals surface area contributed by atoms with Crippen LogP contribution in [0.3, 0.4) is 0 Å². The maximum Gasteiger partial charge on any atom is 0.235 e. The topological polar surface area (TPSA) is 70.7 Å². The fraction of sp³-hybridized carbons (Fsp3) is 0.125. The Bertz CT molecular complexity index is 1290. The minimum Gasteiger partial charge on any atom is -0.325 e. The van der Waals surface area contributed by atoms with E-state index in [1.54, 1.807) is 12.4 Å². The first-order valence-corrected chi connectivity index (χ1v) is 9.73. The van der Waals surface area contributed by atoms with Gasteiger partial charge in [0.15, 0.2) is 0 Å². The zero-order valence-electron chi connectivity index (χ0n) is 15.6. The molecule has 3 heterocycles. The molecule has 29 heavy (non-hydrogen) atoms. The number of hydrogen-bond donors (Lipinski definition) is 2. The van der Waals surface area contributed by atoms with Gasteiger partial charge in [-0.15, -0.1) is 0 Å².